The maximum absolute atomic E-state index is 11.4. The van der Waals surface area contributed by atoms with E-state index in [1.54, 1.807) is 0 Å². The number of sulfone groups is 1. The minimum Gasteiger partial charge on any atom is -0.478 e. The zero-order valence-corrected chi connectivity index (χ0v) is 12.0. The van der Waals surface area contributed by atoms with Crippen molar-refractivity contribution in [2.24, 2.45) is 0 Å². The topological polar surface area (TPSA) is 137 Å². The molecule has 1 aromatic heterocycles. The molecule has 1 fully saturated rings. The molecule has 0 bridgehead atoms. The molecule has 20 heavy (non-hydrogen) atoms. The molecule has 1 saturated heterocycles. The van der Waals surface area contributed by atoms with Crippen LogP contribution in [0, 0.1) is 6.92 Å². The molecule has 0 aromatic carbocycles. The molecule has 1 aliphatic rings. The van der Waals surface area contributed by atoms with E-state index in [4.69, 9.17) is 5.11 Å². The second-order valence-corrected chi connectivity index (χ2v) is 7.83. The molecule has 2 rings (SSSR count). The number of aromatic amines is 1. The smallest absolute Gasteiger partial charge is 0.346 e. The first-order valence-electron chi connectivity index (χ1n) is 5.59. The average Bonchev–Trinajstić information content (AvgIpc) is 2.49. The number of nitrogens with one attached hydrogen (secondary N) is 1. The number of rotatable bonds is 3. The van der Waals surface area contributed by atoms with E-state index >= 15 is 0 Å². The molecule has 0 amide bonds. The van der Waals surface area contributed by atoms with Crippen LogP contribution in [0.4, 0.5) is 0 Å². The number of carboxylic acids is 1. The highest BCUT2D eigenvalue weighted by atomic mass is 32.2. The molecule has 110 valence electrons. The third-order valence-electron chi connectivity index (χ3n) is 2.84. The van der Waals surface area contributed by atoms with Crippen LogP contribution in [0.15, 0.2) is 9.82 Å². The van der Waals surface area contributed by atoms with Crippen molar-refractivity contribution in [3.63, 3.8) is 0 Å². The van der Waals surface area contributed by atoms with Gasteiger partial charge in [0.1, 0.15) is 10.6 Å². The average molecular weight is 320 g/mol. The first-order valence-corrected chi connectivity index (χ1v) is 8.29. The summed E-state index contributed by atoms with van der Waals surface area (Å²) in [5, 5.41) is 18.0. The molecular weight excluding hydrogens is 308 g/mol. The zero-order valence-electron chi connectivity index (χ0n) is 10.4. The van der Waals surface area contributed by atoms with Gasteiger partial charge in [-0.25, -0.2) is 18.0 Å². The van der Waals surface area contributed by atoms with Crippen LogP contribution in [0.5, 0.6) is 0 Å². The van der Waals surface area contributed by atoms with Crippen molar-refractivity contribution >= 4 is 27.6 Å². The van der Waals surface area contributed by atoms with Crippen molar-refractivity contribution in [3.8, 4) is 0 Å². The number of aromatic carboxylic acids is 1. The zero-order chi connectivity index (χ0) is 15.1. The summed E-state index contributed by atoms with van der Waals surface area (Å²) in [6, 6.07) is 0. The van der Waals surface area contributed by atoms with Gasteiger partial charge in [0.05, 0.1) is 22.9 Å². The van der Waals surface area contributed by atoms with Crippen LogP contribution in [0.3, 0.4) is 0 Å². The molecule has 1 aromatic rings. The van der Waals surface area contributed by atoms with Crippen molar-refractivity contribution in [2.45, 2.75) is 23.3 Å². The quantitative estimate of drug-likeness (QED) is 0.605. The highest BCUT2D eigenvalue weighted by Gasteiger charge is 2.38. The van der Waals surface area contributed by atoms with Crippen LogP contribution in [0.2, 0.25) is 0 Å². The summed E-state index contributed by atoms with van der Waals surface area (Å²) in [7, 11) is -3.35. The normalized spacial score (nSPS) is 24.7. The van der Waals surface area contributed by atoms with E-state index in [1.807, 2.05) is 0 Å². The van der Waals surface area contributed by atoms with Gasteiger partial charge in [-0.3, -0.25) is 0 Å². The first kappa shape index (κ1) is 15.0. The van der Waals surface area contributed by atoms with E-state index in [9.17, 15) is 23.1 Å². The summed E-state index contributed by atoms with van der Waals surface area (Å²) < 4.78 is 22.8. The first-order chi connectivity index (χ1) is 9.19. The Morgan fingerprint density at radius 2 is 2.10 bits per heavy atom. The van der Waals surface area contributed by atoms with E-state index in [2.05, 4.69) is 9.97 Å². The summed E-state index contributed by atoms with van der Waals surface area (Å²) >= 11 is 0.804. The SMILES string of the molecule is Cc1[nH]c(=O)nc(SC2CS(=O)(=O)CC2O)c1C(=O)O. The maximum Gasteiger partial charge on any atom is 0.346 e. The fourth-order valence-corrected chi connectivity index (χ4v) is 5.61. The van der Waals surface area contributed by atoms with E-state index in [-0.39, 0.29) is 27.8 Å². The van der Waals surface area contributed by atoms with Crippen LogP contribution in [0.1, 0.15) is 16.1 Å². The fraction of sp³-hybridized carbons (Fsp3) is 0.500. The van der Waals surface area contributed by atoms with Crippen LogP contribution in [-0.4, -0.2) is 57.4 Å². The lowest BCUT2D eigenvalue weighted by atomic mass is 10.2. The summed E-state index contributed by atoms with van der Waals surface area (Å²) in [6.45, 7) is 1.42. The van der Waals surface area contributed by atoms with Gasteiger partial charge < -0.3 is 15.2 Å². The Bertz CT molecular complexity index is 711. The highest BCUT2D eigenvalue weighted by molar-refractivity contribution is 8.02. The lowest BCUT2D eigenvalue weighted by molar-refractivity contribution is 0.0690. The summed E-state index contributed by atoms with van der Waals surface area (Å²) in [5.74, 6) is -1.91. The van der Waals surface area contributed by atoms with Gasteiger partial charge >= 0.3 is 11.7 Å². The Morgan fingerprint density at radius 1 is 1.45 bits per heavy atom. The molecular formula is C10H12N2O6S2. The van der Waals surface area contributed by atoms with Crippen LogP contribution < -0.4 is 5.69 Å². The molecule has 0 spiro atoms. The third-order valence-corrected chi connectivity index (χ3v) is 6.06. The van der Waals surface area contributed by atoms with Crippen molar-refractivity contribution < 1.29 is 23.4 Å². The number of aromatic nitrogens is 2. The number of hydrogen-bond donors (Lipinski definition) is 3. The summed E-state index contributed by atoms with van der Waals surface area (Å²) in [6.07, 6.45) is -1.10. The molecule has 0 radical (unpaired) electrons. The molecule has 0 aliphatic carbocycles. The van der Waals surface area contributed by atoms with Gasteiger partial charge in [-0.2, -0.15) is 4.98 Å². The van der Waals surface area contributed by atoms with Gasteiger partial charge in [0, 0.05) is 5.69 Å². The Balaban J connectivity index is 2.39. The largest absolute Gasteiger partial charge is 0.478 e. The minimum atomic E-state index is -3.35. The highest BCUT2D eigenvalue weighted by Crippen LogP contribution is 2.32. The minimum absolute atomic E-state index is 0.0834. The summed E-state index contributed by atoms with van der Waals surface area (Å²) in [5.41, 5.74) is -0.771. The van der Waals surface area contributed by atoms with Crippen molar-refractivity contribution in [1.29, 1.82) is 0 Å². The summed E-state index contributed by atoms with van der Waals surface area (Å²) in [4.78, 5) is 28.3. The molecule has 8 nitrogen and oxygen atoms in total. The van der Waals surface area contributed by atoms with Gasteiger partial charge in [0.2, 0.25) is 0 Å². The number of hydrogen-bond acceptors (Lipinski definition) is 7. The second-order valence-electron chi connectivity index (χ2n) is 4.45. The Morgan fingerprint density at radius 3 is 2.60 bits per heavy atom. The lowest BCUT2D eigenvalue weighted by Crippen LogP contribution is -2.23. The lowest BCUT2D eigenvalue weighted by Gasteiger charge is -2.13. The fourth-order valence-electron chi connectivity index (χ4n) is 1.95. The molecule has 1 aliphatic heterocycles. The number of thioether (sulfide) groups is 1. The van der Waals surface area contributed by atoms with Gasteiger partial charge in [-0.05, 0) is 6.92 Å². The number of aliphatic hydroxyl groups is 1. The Hall–Kier alpha value is -1.39. The monoisotopic (exact) mass is 320 g/mol. The number of carboxylic acid groups (broad SMARTS) is 1. The van der Waals surface area contributed by atoms with Crippen molar-refractivity contribution in [2.75, 3.05) is 11.5 Å². The number of H-pyrrole nitrogens is 1. The molecule has 2 atom stereocenters. The predicted octanol–water partition coefficient (Wildman–Crippen LogP) is -0.973. The van der Waals surface area contributed by atoms with Gasteiger partial charge in [-0.1, -0.05) is 11.8 Å². The molecule has 2 unspecified atom stereocenters. The third kappa shape index (κ3) is 3.02. The van der Waals surface area contributed by atoms with E-state index < -0.39 is 32.9 Å². The van der Waals surface area contributed by atoms with E-state index in [0.29, 0.717) is 0 Å². The molecule has 2 heterocycles. The van der Waals surface area contributed by atoms with Crippen LogP contribution in [0.25, 0.3) is 0 Å². The number of aliphatic hydroxyl groups excluding tert-OH is 1. The molecule has 10 heteroatoms. The Labute approximate surface area is 118 Å². The number of carbonyl (C=O) groups is 1. The van der Waals surface area contributed by atoms with Gasteiger partial charge in [-0.15, -0.1) is 0 Å². The Kier molecular flexibility index (Phi) is 3.89. The van der Waals surface area contributed by atoms with Crippen LogP contribution in [-0.2, 0) is 9.84 Å². The van der Waals surface area contributed by atoms with Gasteiger partial charge in [0.15, 0.2) is 9.84 Å². The second kappa shape index (κ2) is 5.19. The predicted molar refractivity (Wildman–Crippen MR) is 70.9 cm³/mol. The standard InChI is InChI=1S/C10H12N2O6S2/c1-4-7(9(14)15)8(12-10(16)11-4)19-6-3-20(17,18)2-5(6)13/h5-6,13H,2-3H2,1H3,(H,14,15)(H,11,12,16). The number of nitrogens with zero attached hydrogens (tertiary/aromatic N) is 1. The van der Waals surface area contributed by atoms with Gasteiger partial charge in [0.25, 0.3) is 0 Å². The number of aryl methyl sites for hydroxylation is 1. The van der Waals surface area contributed by atoms with Crippen molar-refractivity contribution in [1.82, 2.24) is 9.97 Å². The van der Waals surface area contributed by atoms with E-state index in [0.717, 1.165) is 11.8 Å². The maximum atomic E-state index is 11.4. The molecule has 0 saturated carbocycles. The van der Waals surface area contributed by atoms with Crippen LogP contribution >= 0.6 is 11.8 Å². The van der Waals surface area contributed by atoms with Crippen molar-refractivity contribution in [3.05, 3.63) is 21.7 Å². The van der Waals surface area contributed by atoms with E-state index in [1.165, 1.54) is 6.92 Å². The molecule has 3 N–H and O–H groups in total.